The molecule has 0 aliphatic carbocycles. The lowest BCUT2D eigenvalue weighted by atomic mass is 10.1. The maximum Gasteiger partial charge on any atom is 0.306 e. The summed E-state index contributed by atoms with van der Waals surface area (Å²) in [6, 6.07) is 14.3. The molecule has 0 fully saturated rings. The summed E-state index contributed by atoms with van der Waals surface area (Å²) in [5.41, 5.74) is 2.65. The highest BCUT2D eigenvalue weighted by Gasteiger charge is 2.34. The molecule has 30 heavy (non-hydrogen) atoms. The second kappa shape index (κ2) is 8.28. The van der Waals surface area contributed by atoms with Crippen molar-refractivity contribution >= 4 is 17.8 Å². The quantitative estimate of drug-likeness (QED) is 0.439. The lowest BCUT2D eigenvalue weighted by molar-refractivity contribution is -0.145. The van der Waals surface area contributed by atoms with Gasteiger partial charge in [0.1, 0.15) is 0 Å². The standard InChI is InChI=1S/C22H19N3O5/c1-14-6-4-7-15(12-14)20-24-23-18(30-20)13-29-19(26)10-5-11-25-21(27)16-8-2-3-9-17(16)22(25)28/h2-4,6-9,12H,5,10-11,13H2,1H3. The molecule has 0 atom stereocenters. The average Bonchev–Trinajstić information content (AvgIpc) is 3.32. The van der Waals surface area contributed by atoms with Crippen LogP contribution in [0.5, 0.6) is 0 Å². The Labute approximate surface area is 172 Å². The first kappa shape index (κ1) is 19.5. The first-order valence-corrected chi connectivity index (χ1v) is 9.53. The molecule has 1 aliphatic rings. The molecule has 1 aliphatic heterocycles. The van der Waals surface area contributed by atoms with Gasteiger partial charge in [0, 0.05) is 18.5 Å². The van der Waals surface area contributed by atoms with Gasteiger partial charge in [-0.2, -0.15) is 0 Å². The number of aromatic nitrogens is 2. The highest BCUT2D eigenvalue weighted by Crippen LogP contribution is 2.23. The molecule has 2 aromatic carbocycles. The number of benzene rings is 2. The Hall–Kier alpha value is -3.81. The predicted octanol–water partition coefficient (Wildman–Crippen LogP) is 3.16. The molecule has 1 aromatic heterocycles. The van der Waals surface area contributed by atoms with Gasteiger partial charge in [0.25, 0.3) is 17.7 Å². The van der Waals surface area contributed by atoms with Gasteiger partial charge in [-0.3, -0.25) is 19.3 Å². The topological polar surface area (TPSA) is 103 Å². The molecule has 8 heteroatoms. The molecule has 0 bridgehead atoms. The number of aryl methyl sites for hydroxylation is 1. The number of ether oxygens (including phenoxy) is 1. The maximum atomic E-state index is 12.3. The molecule has 2 amide bonds. The lowest BCUT2D eigenvalue weighted by Crippen LogP contribution is -2.31. The summed E-state index contributed by atoms with van der Waals surface area (Å²) >= 11 is 0. The SMILES string of the molecule is Cc1cccc(-c2nnc(COC(=O)CCCN3C(=O)c4ccccc4C3=O)o2)c1. The third-order valence-corrected chi connectivity index (χ3v) is 4.73. The molecule has 4 rings (SSSR count). The predicted molar refractivity (Wildman–Crippen MR) is 105 cm³/mol. The van der Waals surface area contributed by atoms with Gasteiger partial charge in [0.2, 0.25) is 5.89 Å². The summed E-state index contributed by atoms with van der Waals surface area (Å²) in [7, 11) is 0. The first-order valence-electron chi connectivity index (χ1n) is 9.53. The molecule has 0 spiro atoms. The molecular formula is C22H19N3O5. The highest BCUT2D eigenvalue weighted by atomic mass is 16.5. The summed E-state index contributed by atoms with van der Waals surface area (Å²) in [5, 5.41) is 7.86. The van der Waals surface area contributed by atoms with Gasteiger partial charge in [0.05, 0.1) is 11.1 Å². The summed E-state index contributed by atoms with van der Waals surface area (Å²) in [6.07, 6.45) is 0.370. The van der Waals surface area contributed by atoms with Crippen LogP contribution < -0.4 is 0 Å². The number of esters is 1. The van der Waals surface area contributed by atoms with Crippen LogP contribution in [0.1, 0.15) is 45.0 Å². The van der Waals surface area contributed by atoms with E-state index in [1.54, 1.807) is 24.3 Å². The maximum absolute atomic E-state index is 12.3. The van der Waals surface area contributed by atoms with Crippen LogP contribution in [0.4, 0.5) is 0 Å². The Morgan fingerprint density at radius 2 is 1.77 bits per heavy atom. The van der Waals surface area contributed by atoms with Crippen molar-refractivity contribution in [1.29, 1.82) is 0 Å². The van der Waals surface area contributed by atoms with Crippen LogP contribution in [0, 0.1) is 6.92 Å². The molecule has 0 radical (unpaired) electrons. The van der Waals surface area contributed by atoms with Crippen molar-refractivity contribution < 1.29 is 23.5 Å². The Morgan fingerprint density at radius 1 is 1.03 bits per heavy atom. The second-order valence-corrected chi connectivity index (χ2v) is 6.94. The van der Waals surface area contributed by atoms with Crippen LogP contribution in [0.25, 0.3) is 11.5 Å². The summed E-state index contributed by atoms with van der Waals surface area (Å²) < 4.78 is 10.7. The van der Waals surface area contributed by atoms with Crippen LogP contribution in [0.3, 0.4) is 0 Å². The molecule has 0 N–H and O–H groups in total. The van der Waals surface area contributed by atoms with Crippen molar-refractivity contribution in [3.8, 4) is 11.5 Å². The number of amides is 2. The zero-order valence-electron chi connectivity index (χ0n) is 16.3. The molecule has 8 nitrogen and oxygen atoms in total. The van der Waals surface area contributed by atoms with Gasteiger partial charge >= 0.3 is 5.97 Å². The van der Waals surface area contributed by atoms with Gasteiger partial charge < -0.3 is 9.15 Å². The van der Waals surface area contributed by atoms with Gasteiger partial charge in [-0.1, -0.05) is 29.8 Å². The minimum absolute atomic E-state index is 0.0618. The number of hydrogen-bond donors (Lipinski definition) is 0. The summed E-state index contributed by atoms with van der Waals surface area (Å²) in [4.78, 5) is 37.7. The number of hydrogen-bond acceptors (Lipinski definition) is 7. The smallest absolute Gasteiger partial charge is 0.306 e. The fourth-order valence-corrected chi connectivity index (χ4v) is 3.24. The van der Waals surface area contributed by atoms with Crippen LogP contribution in [-0.4, -0.2) is 39.4 Å². The van der Waals surface area contributed by atoms with E-state index in [-0.39, 0.29) is 37.3 Å². The van der Waals surface area contributed by atoms with Crippen LogP contribution in [0.2, 0.25) is 0 Å². The molecular weight excluding hydrogens is 386 g/mol. The van der Waals surface area contributed by atoms with E-state index in [9.17, 15) is 14.4 Å². The Balaban J connectivity index is 1.25. The zero-order valence-corrected chi connectivity index (χ0v) is 16.3. The number of carbonyl (C=O) groups is 3. The average molecular weight is 405 g/mol. The third kappa shape index (κ3) is 3.98. The van der Waals surface area contributed by atoms with E-state index in [2.05, 4.69) is 10.2 Å². The Morgan fingerprint density at radius 3 is 2.47 bits per heavy atom. The van der Waals surface area contributed by atoms with Crippen molar-refractivity contribution in [2.75, 3.05) is 6.54 Å². The minimum atomic E-state index is -0.470. The molecule has 152 valence electrons. The largest absolute Gasteiger partial charge is 0.456 e. The van der Waals surface area contributed by atoms with Crippen LogP contribution in [-0.2, 0) is 16.1 Å². The van der Waals surface area contributed by atoms with Gasteiger partial charge in [0.15, 0.2) is 6.61 Å². The number of imide groups is 1. The van der Waals surface area contributed by atoms with E-state index in [4.69, 9.17) is 9.15 Å². The molecule has 0 saturated carbocycles. The molecule has 3 aromatic rings. The molecule has 0 unspecified atom stereocenters. The third-order valence-electron chi connectivity index (χ3n) is 4.73. The summed E-state index contributed by atoms with van der Waals surface area (Å²) in [6.45, 7) is 1.98. The van der Waals surface area contributed by atoms with E-state index < -0.39 is 5.97 Å². The zero-order chi connectivity index (χ0) is 21.1. The van der Waals surface area contributed by atoms with Crippen LogP contribution >= 0.6 is 0 Å². The van der Waals surface area contributed by atoms with Gasteiger partial charge in [-0.05, 0) is 37.6 Å². The van der Waals surface area contributed by atoms with E-state index in [1.165, 1.54) is 0 Å². The van der Waals surface area contributed by atoms with E-state index in [1.807, 2.05) is 31.2 Å². The van der Waals surface area contributed by atoms with Crippen molar-refractivity contribution in [1.82, 2.24) is 15.1 Å². The number of fused-ring (bicyclic) bond motifs is 1. The van der Waals surface area contributed by atoms with Gasteiger partial charge in [-0.15, -0.1) is 10.2 Å². The fourth-order valence-electron chi connectivity index (χ4n) is 3.24. The monoisotopic (exact) mass is 405 g/mol. The van der Waals surface area contributed by atoms with E-state index >= 15 is 0 Å². The first-order chi connectivity index (χ1) is 14.5. The number of nitrogens with zero attached hydrogens (tertiary/aromatic N) is 3. The van der Waals surface area contributed by atoms with Crippen molar-refractivity contribution in [3.05, 3.63) is 71.1 Å². The lowest BCUT2D eigenvalue weighted by Gasteiger charge is -2.13. The van der Waals surface area contributed by atoms with Crippen molar-refractivity contribution in [2.24, 2.45) is 0 Å². The summed E-state index contributed by atoms with van der Waals surface area (Å²) in [5.74, 6) is -0.588. The van der Waals surface area contributed by atoms with Crippen molar-refractivity contribution in [3.63, 3.8) is 0 Å². The second-order valence-electron chi connectivity index (χ2n) is 6.94. The molecule has 0 saturated heterocycles. The van der Waals surface area contributed by atoms with Gasteiger partial charge in [-0.25, -0.2) is 0 Å². The fraction of sp³-hybridized carbons (Fsp3) is 0.227. The minimum Gasteiger partial charge on any atom is -0.456 e. The number of carbonyl (C=O) groups excluding carboxylic acids is 3. The number of rotatable bonds is 7. The normalized spacial score (nSPS) is 12.9. The molecule has 2 heterocycles. The highest BCUT2D eigenvalue weighted by molar-refractivity contribution is 6.21. The van der Waals surface area contributed by atoms with Crippen molar-refractivity contribution in [2.45, 2.75) is 26.4 Å². The Kier molecular flexibility index (Phi) is 5.38. The van der Waals surface area contributed by atoms with E-state index in [0.29, 0.717) is 23.4 Å². The van der Waals surface area contributed by atoms with Crippen LogP contribution in [0.15, 0.2) is 52.9 Å². The van der Waals surface area contributed by atoms with E-state index in [0.717, 1.165) is 16.0 Å². The Bertz CT molecular complexity index is 1090.